The Hall–Kier alpha value is -2.38. The fraction of sp³-hybridized carbons (Fsp3) is 0.333. The average molecular weight is 422 g/mol. The van der Waals surface area contributed by atoms with Crippen LogP contribution in [0, 0.1) is 0 Å². The number of nitrogens with zero attached hydrogens (tertiary/aromatic N) is 3. The Bertz CT molecular complexity index is 1110. The monoisotopic (exact) mass is 421 g/mol. The van der Waals surface area contributed by atoms with E-state index in [1.165, 1.54) is 28.8 Å². The summed E-state index contributed by atoms with van der Waals surface area (Å²) in [5.41, 5.74) is 0.768. The van der Waals surface area contributed by atoms with Crippen LogP contribution < -0.4 is 5.56 Å². The van der Waals surface area contributed by atoms with Gasteiger partial charge in [0.25, 0.3) is 5.56 Å². The van der Waals surface area contributed by atoms with Crippen LogP contribution in [0.3, 0.4) is 0 Å². The first-order valence-electron chi connectivity index (χ1n) is 9.33. The summed E-state index contributed by atoms with van der Waals surface area (Å²) in [5.74, 6) is 0. The summed E-state index contributed by atoms with van der Waals surface area (Å²) >= 11 is 5.94. The van der Waals surface area contributed by atoms with Crippen molar-refractivity contribution in [1.82, 2.24) is 14.3 Å². The quantitative estimate of drug-likeness (QED) is 0.575. The molecule has 29 heavy (non-hydrogen) atoms. The molecule has 4 nitrogen and oxygen atoms in total. The highest BCUT2D eigenvalue weighted by Crippen LogP contribution is 2.37. The van der Waals surface area contributed by atoms with E-state index in [1.807, 2.05) is 6.92 Å². The third-order valence-electron chi connectivity index (χ3n) is 5.23. The van der Waals surface area contributed by atoms with Crippen molar-refractivity contribution in [3.05, 3.63) is 80.9 Å². The van der Waals surface area contributed by atoms with Gasteiger partial charge in [-0.2, -0.15) is 13.2 Å². The first-order chi connectivity index (χ1) is 13.7. The maximum atomic E-state index is 13.1. The molecule has 1 unspecified atom stereocenters. The Morgan fingerprint density at radius 2 is 2.00 bits per heavy atom. The Kier molecular flexibility index (Phi) is 5.12. The first kappa shape index (κ1) is 19.9. The van der Waals surface area contributed by atoms with E-state index < -0.39 is 11.7 Å². The van der Waals surface area contributed by atoms with E-state index in [1.54, 1.807) is 18.2 Å². The lowest BCUT2D eigenvalue weighted by Gasteiger charge is -2.29. The Labute approximate surface area is 170 Å². The number of benzene rings is 1. The molecule has 0 bridgehead atoms. The molecule has 2 heterocycles. The van der Waals surface area contributed by atoms with E-state index in [0.29, 0.717) is 28.5 Å². The molecule has 1 fully saturated rings. The van der Waals surface area contributed by atoms with E-state index in [4.69, 9.17) is 11.6 Å². The van der Waals surface area contributed by atoms with Crippen LogP contribution in [0.1, 0.15) is 42.6 Å². The van der Waals surface area contributed by atoms with Crippen molar-refractivity contribution in [3.63, 3.8) is 0 Å². The van der Waals surface area contributed by atoms with Crippen molar-refractivity contribution < 1.29 is 13.2 Å². The van der Waals surface area contributed by atoms with Crippen LogP contribution >= 0.6 is 11.6 Å². The van der Waals surface area contributed by atoms with E-state index in [9.17, 15) is 18.0 Å². The van der Waals surface area contributed by atoms with Gasteiger partial charge in [0.1, 0.15) is 5.65 Å². The number of fused-ring (bicyclic) bond motifs is 1. The summed E-state index contributed by atoms with van der Waals surface area (Å²) < 4.78 is 40.7. The van der Waals surface area contributed by atoms with Crippen LogP contribution in [-0.2, 0) is 12.7 Å². The molecule has 3 aromatic rings. The molecule has 1 saturated carbocycles. The lowest BCUT2D eigenvalue weighted by molar-refractivity contribution is -0.137. The molecule has 1 aromatic carbocycles. The normalized spacial score (nSPS) is 15.8. The fourth-order valence-corrected chi connectivity index (χ4v) is 3.71. The third kappa shape index (κ3) is 4.31. The second kappa shape index (κ2) is 7.46. The molecule has 152 valence electrons. The molecule has 1 aliphatic carbocycles. The third-order valence-corrected chi connectivity index (χ3v) is 5.45. The Balaban J connectivity index is 1.65. The van der Waals surface area contributed by atoms with E-state index in [0.717, 1.165) is 18.9 Å². The van der Waals surface area contributed by atoms with Crippen LogP contribution in [0.15, 0.2) is 53.5 Å². The number of hydrogen-bond donors (Lipinski definition) is 0. The van der Waals surface area contributed by atoms with Crippen molar-refractivity contribution in [3.8, 4) is 0 Å². The van der Waals surface area contributed by atoms with Crippen LogP contribution in [0.2, 0.25) is 5.02 Å². The van der Waals surface area contributed by atoms with Gasteiger partial charge in [-0.1, -0.05) is 23.7 Å². The largest absolute Gasteiger partial charge is 0.416 e. The average Bonchev–Trinajstić information content (AvgIpc) is 3.51. The summed E-state index contributed by atoms with van der Waals surface area (Å²) in [5, 5.41) is 0.437. The molecule has 0 spiro atoms. The highest BCUT2D eigenvalue weighted by Gasteiger charge is 2.35. The lowest BCUT2D eigenvalue weighted by atomic mass is 10.0. The minimum atomic E-state index is -4.38. The predicted octanol–water partition coefficient (Wildman–Crippen LogP) is 5.09. The summed E-state index contributed by atoms with van der Waals surface area (Å²) in [6.07, 6.45) is -0.910. The molecular formula is C21H19ClF3N3O. The fourth-order valence-electron chi connectivity index (χ4n) is 3.55. The lowest BCUT2D eigenvalue weighted by Crippen LogP contribution is -2.30. The zero-order valence-electron chi connectivity index (χ0n) is 15.7. The van der Waals surface area contributed by atoms with Crippen LogP contribution in [0.5, 0.6) is 0 Å². The highest BCUT2D eigenvalue weighted by atomic mass is 35.5. The molecule has 0 amide bonds. The SMILES string of the molecule is CC(c1cccc(C(F)(F)F)c1)N(Cc1cc(=O)n2cc(Cl)ccc2n1)C1CC1. The van der Waals surface area contributed by atoms with Crippen molar-refractivity contribution >= 4 is 17.2 Å². The smallest absolute Gasteiger partial charge is 0.288 e. The molecule has 1 atom stereocenters. The van der Waals surface area contributed by atoms with Crippen LogP contribution in [-0.4, -0.2) is 20.3 Å². The minimum Gasteiger partial charge on any atom is -0.288 e. The zero-order valence-corrected chi connectivity index (χ0v) is 16.4. The van der Waals surface area contributed by atoms with E-state index >= 15 is 0 Å². The topological polar surface area (TPSA) is 37.6 Å². The second-order valence-corrected chi connectivity index (χ2v) is 7.80. The molecule has 4 rings (SSSR count). The molecule has 0 aliphatic heterocycles. The number of pyridine rings is 1. The van der Waals surface area contributed by atoms with Gasteiger partial charge in [-0.15, -0.1) is 0 Å². The van der Waals surface area contributed by atoms with Crippen LogP contribution in [0.25, 0.3) is 5.65 Å². The van der Waals surface area contributed by atoms with Gasteiger partial charge in [-0.3, -0.25) is 14.1 Å². The Morgan fingerprint density at radius 1 is 1.24 bits per heavy atom. The van der Waals surface area contributed by atoms with Gasteiger partial charge in [0.05, 0.1) is 16.3 Å². The number of hydrogen-bond acceptors (Lipinski definition) is 3. The van der Waals surface area contributed by atoms with Gasteiger partial charge in [0.15, 0.2) is 0 Å². The number of halogens is 4. The molecule has 0 N–H and O–H groups in total. The Morgan fingerprint density at radius 3 is 2.69 bits per heavy atom. The molecule has 2 aromatic heterocycles. The number of alkyl halides is 3. The molecular weight excluding hydrogens is 403 g/mol. The zero-order chi connectivity index (χ0) is 20.8. The van der Waals surface area contributed by atoms with Crippen molar-refractivity contribution in [2.45, 2.75) is 44.6 Å². The molecule has 8 heteroatoms. The van der Waals surface area contributed by atoms with E-state index in [-0.39, 0.29) is 17.6 Å². The highest BCUT2D eigenvalue weighted by molar-refractivity contribution is 6.30. The summed E-state index contributed by atoms with van der Waals surface area (Å²) in [6.45, 7) is 2.28. The maximum Gasteiger partial charge on any atom is 0.416 e. The number of aromatic nitrogens is 2. The molecule has 1 aliphatic rings. The van der Waals surface area contributed by atoms with Gasteiger partial charge in [0.2, 0.25) is 0 Å². The summed E-state index contributed by atoms with van der Waals surface area (Å²) in [4.78, 5) is 19.1. The van der Waals surface area contributed by atoms with Gasteiger partial charge in [-0.25, -0.2) is 4.98 Å². The van der Waals surface area contributed by atoms with E-state index in [2.05, 4.69) is 9.88 Å². The van der Waals surface area contributed by atoms with Gasteiger partial charge < -0.3 is 0 Å². The summed E-state index contributed by atoms with van der Waals surface area (Å²) in [7, 11) is 0. The molecule has 0 radical (unpaired) electrons. The van der Waals surface area contributed by atoms with Gasteiger partial charge in [-0.05, 0) is 49.6 Å². The standard InChI is InChI=1S/C21H19ClF3N3O/c1-13(14-3-2-4-15(9-14)21(23,24)25)27(18-6-7-18)12-17-10-20(29)28-11-16(22)5-8-19(28)26-17/h2-5,8-11,13,18H,6-7,12H2,1H3. The maximum absolute atomic E-state index is 13.1. The van der Waals surface area contributed by atoms with Crippen molar-refractivity contribution in [1.29, 1.82) is 0 Å². The van der Waals surface area contributed by atoms with Crippen molar-refractivity contribution in [2.75, 3.05) is 0 Å². The first-order valence-corrected chi connectivity index (χ1v) is 9.71. The second-order valence-electron chi connectivity index (χ2n) is 7.36. The molecule has 0 saturated heterocycles. The van der Waals surface area contributed by atoms with Gasteiger partial charge >= 0.3 is 6.18 Å². The number of rotatable bonds is 5. The minimum absolute atomic E-state index is 0.240. The van der Waals surface area contributed by atoms with Gasteiger partial charge in [0, 0.05) is 30.9 Å². The van der Waals surface area contributed by atoms with Crippen molar-refractivity contribution in [2.24, 2.45) is 0 Å². The predicted molar refractivity (Wildman–Crippen MR) is 105 cm³/mol. The van der Waals surface area contributed by atoms with Crippen LogP contribution in [0.4, 0.5) is 13.2 Å². The summed E-state index contributed by atoms with van der Waals surface area (Å²) in [6, 6.07) is 10.2.